The van der Waals surface area contributed by atoms with Gasteiger partial charge in [0.2, 0.25) is 0 Å². The molecule has 0 aliphatic carbocycles. The maximum atomic E-state index is 6.07. The molecule has 0 aliphatic heterocycles. The Kier molecular flexibility index (Phi) is 6.15. The molecule has 0 amide bonds. The lowest BCUT2D eigenvalue weighted by atomic mass is 9.88. The number of hydrogen-bond donors (Lipinski definition) is 1. The molecule has 2 radical (unpaired) electrons. The molecule has 0 fully saturated rings. The van der Waals surface area contributed by atoms with Gasteiger partial charge in [-0.15, -0.1) is 0 Å². The number of nitrogens with two attached hydrogens (primary N) is 1. The number of allylic oxidation sites excluding steroid dienone is 5. The van der Waals surface area contributed by atoms with Gasteiger partial charge in [0, 0.05) is 5.70 Å². The van der Waals surface area contributed by atoms with Gasteiger partial charge in [-0.2, -0.15) is 0 Å². The molecule has 0 bridgehead atoms. The van der Waals surface area contributed by atoms with Gasteiger partial charge in [0.05, 0.1) is 0 Å². The van der Waals surface area contributed by atoms with Gasteiger partial charge in [-0.1, -0.05) is 51.9 Å². The summed E-state index contributed by atoms with van der Waals surface area (Å²) in [5, 5.41) is 0. The van der Waals surface area contributed by atoms with Crippen molar-refractivity contribution in [2.24, 2.45) is 17.6 Å². The molecule has 0 atom stereocenters. The minimum absolute atomic E-state index is 0.391. The van der Waals surface area contributed by atoms with Crippen LogP contribution in [-0.4, -0.2) is 7.85 Å². The Morgan fingerprint density at radius 3 is 2.20 bits per heavy atom. The largest absolute Gasteiger partial charge is 0.402 e. The van der Waals surface area contributed by atoms with Gasteiger partial charge < -0.3 is 5.73 Å². The summed E-state index contributed by atoms with van der Waals surface area (Å²) in [4.78, 5) is 0. The van der Waals surface area contributed by atoms with Crippen molar-refractivity contribution in [2.45, 2.75) is 34.1 Å². The highest BCUT2D eigenvalue weighted by Crippen LogP contribution is 2.19. The van der Waals surface area contributed by atoms with E-state index in [0.717, 1.165) is 17.7 Å². The molecule has 0 unspecified atom stereocenters. The third-order valence-electron chi connectivity index (χ3n) is 2.18. The molecular formula is C13H22BN. The average molecular weight is 203 g/mol. The van der Waals surface area contributed by atoms with Crippen LogP contribution < -0.4 is 5.73 Å². The van der Waals surface area contributed by atoms with Crippen molar-refractivity contribution in [2.75, 3.05) is 0 Å². The SMILES string of the molecule is [B]/C(C=C)=C/C(=C(/N)CC(C)C)C(C)C. The minimum Gasteiger partial charge on any atom is -0.402 e. The fraction of sp³-hybridized carbons (Fsp3) is 0.538. The van der Waals surface area contributed by atoms with E-state index >= 15 is 0 Å². The molecule has 82 valence electrons. The smallest absolute Gasteiger partial charge is 0.113 e. The van der Waals surface area contributed by atoms with Crippen LogP contribution in [0.1, 0.15) is 34.1 Å². The predicted octanol–water partition coefficient (Wildman–Crippen LogP) is 3.14. The second kappa shape index (κ2) is 6.55. The molecule has 0 aromatic heterocycles. The second-order valence-corrected chi connectivity index (χ2v) is 4.58. The maximum Gasteiger partial charge on any atom is 0.113 e. The highest BCUT2D eigenvalue weighted by atomic mass is 14.6. The minimum atomic E-state index is 0.391. The third kappa shape index (κ3) is 5.51. The lowest BCUT2D eigenvalue weighted by molar-refractivity contribution is 0.624. The molecule has 15 heavy (non-hydrogen) atoms. The summed E-state index contributed by atoms with van der Waals surface area (Å²) >= 11 is 0. The van der Waals surface area contributed by atoms with Gasteiger partial charge in [-0.3, -0.25) is 0 Å². The van der Waals surface area contributed by atoms with Crippen molar-refractivity contribution in [1.29, 1.82) is 0 Å². The first-order chi connectivity index (χ1) is 6.88. The van der Waals surface area contributed by atoms with Gasteiger partial charge in [0.25, 0.3) is 0 Å². The molecule has 0 rings (SSSR count). The summed E-state index contributed by atoms with van der Waals surface area (Å²) in [5.74, 6) is 0.958. The topological polar surface area (TPSA) is 26.0 Å². The quantitative estimate of drug-likeness (QED) is 0.539. The van der Waals surface area contributed by atoms with E-state index in [1.165, 1.54) is 0 Å². The Hall–Kier alpha value is -0.915. The summed E-state index contributed by atoms with van der Waals surface area (Å²) in [7, 11) is 5.73. The standard InChI is InChI=1S/C13H22BN/c1-6-11(14)8-12(10(4)5)13(15)7-9(2)3/h6,8-10H,1,7,15H2,2-5H3/b11-8+,13-12-. The first-order valence-corrected chi connectivity index (χ1v) is 5.46. The van der Waals surface area contributed by atoms with Crippen molar-refractivity contribution < 1.29 is 0 Å². The molecule has 0 saturated carbocycles. The first-order valence-electron chi connectivity index (χ1n) is 5.46. The normalized spacial score (nSPS) is 14.4. The average Bonchev–Trinajstić information content (AvgIpc) is 2.11. The summed E-state index contributed by atoms with van der Waals surface area (Å²) in [6.07, 6.45) is 4.48. The summed E-state index contributed by atoms with van der Waals surface area (Å²) in [6, 6.07) is 0. The number of rotatable bonds is 5. The molecule has 0 spiro atoms. The molecule has 2 heteroatoms. The van der Waals surface area contributed by atoms with Crippen molar-refractivity contribution >= 4 is 7.85 Å². The fourth-order valence-corrected chi connectivity index (χ4v) is 1.43. The van der Waals surface area contributed by atoms with E-state index in [2.05, 4.69) is 34.3 Å². The Labute approximate surface area is 95.5 Å². The zero-order valence-corrected chi connectivity index (χ0v) is 10.4. The van der Waals surface area contributed by atoms with Crippen LogP contribution in [0.2, 0.25) is 0 Å². The third-order valence-corrected chi connectivity index (χ3v) is 2.18. The van der Waals surface area contributed by atoms with Crippen molar-refractivity contribution in [1.82, 2.24) is 0 Å². The van der Waals surface area contributed by atoms with Crippen LogP contribution in [0.5, 0.6) is 0 Å². The van der Waals surface area contributed by atoms with E-state index < -0.39 is 0 Å². The Bertz CT molecular complexity index is 272. The van der Waals surface area contributed by atoms with Crippen LogP contribution in [-0.2, 0) is 0 Å². The molecule has 2 N–H and O–H groups in total. The Morgan fingerprint density at radius 1 is 1.33 bits per heavy atom. The lowest BCUT2D eigenvalue weighted by Crippen LogP contribution is -2.09. The molecular weight excluding hydrogens is 181 g/mol. The molecule has 0 aliphatic rings. The van der Waals surface area contributed by atoms with Gasteiger partial charge in [0.1, 0.15) is 7.85 Å². The zero-order valence-electron chi connectivity index (χ0n) is 10.4. The van der Waals surface area contributed by atoms with E-state index in [-0.39, 0.29) is 0 Å². The second-order valence-electron chi connectivity index (χ2n) is 4.58. The zero-order chi connectivity index (χ0) is 12.0. The lowest BCUT2D eigenvalue weighted by Gasteiger charge is -2.14. The highest BCUT2D eigenvalue weighted by molar-refractivity contribution is 6.23. The number of hydrogen-bond acceptors (Lipinski definition) is 1. The monoisotopic (exact) mass is 203 g/mol. The van der Waals surface area contributed by atoms with Gasteiger partial charge in [0.15, 0.2) is 0 Å². The molecule has 1 nitrogen and oxygen atoms in total. The summed E-state index contributed by atoms with van der Waals surface area (Å²) < 4.78 is 0. The highest BCUT2D eigenvalue weighted by Gasteiger charge is 2.07. The molecule has 0 heterocycles. The van der Waals surface area contributed by atoms with Crippen LogP contribution in [0.15, 0.2) is 35.5 Å². The van der Waals surface area contributed by atoms with Gasteiger partial charge >= 0.3 is 0 Å². The summed E-state index contributed by atoms with van der Waals surface area (Å²) in [6.45, 7) is 12.2. The molecule has 0 aromatic carbocycles. The van der Waals surface area contributed by atoms with Crippen LogP contribution in [0.25, 0.3) is 0 Å². The van der Waals surface area contributed by atoms with Crippen LogP contribution in [0.4, 0.5) is 0 Å². The van der Waals surface area contributed by atoms with Crippen LogP contribution >= 0.6 is 0 Å². The van der Waals surface area contributed by atoms with Crippen molar-refractivity contribution in [3.05, 3.63) is 35.5 Å². The summed E-state index contributed by atoms with van der Waals surface area (Å²) in [5.41, 5.74) is 8.80. The van der Waals surface area contributed by atoms with Crippen molar-refractivity contribution in [3.63, 3.8) is 0 Å². The van der Waals surface area contributed by atoms with Crippen molar-refractivity contribution in [3.8, 4) is 0 Å². The Morgan fingerprint density at radius 2 is 1.87 bits per heavy atom. The van der Waals surface area contributed by atoms with Gasteiger partial charge in [-0.25, -0.2) is 0 Å². The first kappa shape index (κ1) is 14.1. The van der Waals surface area contributed by atoms with E-state index in [0.29, 0.717) is 17.3 Å². The van der Waals surface area contributed by atoms with E-state index in [1.807, 2.05) is 6.08 Å². The van der Waals surface area contributed by atoms with Gasteiger partial charge in [-0.05, 0) is 23.8 Å². The molecule has 0 saturated heterocycles. The van der Waals surface area contributed by atoms with Crippen LogP contribution in [0, 0.1) is 11.8 Å². The van der Waals surface area contributed by atoms with E-state index in [4.69, 9.17) is 13.6 Å². The maximum absolute atomic E-state index is 6.07. The predicted molar refractivity (Wildman–Crippen MR) is 69.5 cm³/mol. The Balaban J connectivity index is 5.02. The van der Waals surface area contributed by atoms with E-state index in [9.17, 15) is 0 Å². The van der Waals surface area contributed by atoms with E-state index in [1.54, 1.807) is 6.08 Å². The fourth-order valence-electron chi connectivity index (χ4n) is 1.43. The molecule has 0 aromatic rings. The van der Waals surface area contributed by atoms with Crippen LogP contribution in [0.3, 0.4) is 0 Å².